The van der Waals surface area contributed by atoms with Crippen molar-refractivity contribution in [3.8, 4) is 5.75 Å². The van der Waals surface area contributed by atoms with Gasteiger partial charge in [0.15, 0.2) is 0 Å². The van der Waals surface area contributed by atoms with Crippen LogP contribution in [0.25, 0.3) is 0 Å². The van der Waals surface area contributed by atoms with Gasteiger partial charge in [0.25, 0.3) is 0 Å². The third kappa shape index (κ3) is 5.21. The molecule has 0 saturated carbocycles. The monoisotopic (exact) mass is 238 g/mol. The van der Waals surface area contributed by atoms with E-state index in [-0.39, 0.29) is 11.8 Å². The zero-order valence-corrected chi connectivity index (χ0v) is 9.90. The Morgan fingerprint density at radius 1 is 1.41 bits per heavy atom. The second-order valence-electron chi connectivity index (χ2n) is 3.45. The lowest BCUT2D eigenvalue weighted by Crippen LogP contribution is -2.30. The summed E-state index contributed by atoms with van der Waals surface area (Å²) >= 11 is 0. The van der Waals surface area contributed by atoms with Crippen LogP contribution >= 0.6 is 0 Å². The van der Waals surface area contributed by atoms with E-state index in [1.54, 1.807) is 18.2 Å². The number of hydrogen-bond acceptors (Lipinski definition) is 3. The maximum Gasteiger partial charge on any atom is 0.319 e. The molecule has 0 aliphatic carbocycles. The number of carbonyl (C=O) groups is 1. The zero-order chi connectivity index (χ0) is 12.5. The number of hydrogen-bond donors (Lipinski definition) is 3. The van der Waals surface area contributed by atoms with Crippen LogP contribution in [-0.2, 0) is 4.74 Å². The number of nitrogens with one attached hydrogen (secondary N) is 2. The molecule has 0 aliphatic rings. The molecule has 0 aliphatic heterocycles. The van der Waals surface area contributed by atoms with E-state index in [0.717, 1.165) is 6.42 Å². The Kier molecular flexibility index (Phi) is 5.88. The molecule has 0 heterocycles. The number of aromatic hydroxyl groups is 1. The number of amides is 2. The van der Waals surface area contributed by atoms with E-state index in [1.807, 2.05) is 6.92 Å². The van der Waals surface area contributed by atoms with E-state index in [4.69, 9.17) is 4.74 Å². The minimum absolute atomic E-state index is 0.0527. The van der Waals surface area contributed by atoms with Gasteiger partial charge in [0, 0.05) is 19.8 Å². The smallest absolute Gasteiger partial charge is 0.319 e. The minimum atomic E-state index is -0.331. The molecule has 0 fully saturated rings. The van der Waals surface area contributed by atoms with E-state index in [1.165, 1.54) is 6.07 Å². The largest absolute Gasteiger partial charge is 0.506 e. The molecule has 0 atom stereocenters. The van der Waals surface area contributed by atoms with Gasteiger partial charge in [-0.25, -0.2) is 4.79 Å². The fourth-order valence-electron chi connectivity index (χ4n) is 1.27. The molecule has 94 valence electrons. The maximum atomic E-state index is 11.4. The number of ether oxygens (including phenoxy) is 1. The van der Waals surface area contributed by atoms with Crippen LogP contribution in [0.2, 0.25) is 0 Å². The summed E-state index contributed by atoms with van der Waals surface area (Å²) in [5.41, 5.74) is 0.398. The third-order valence-corrected chi connectivity index (χ3v) is 2.11. The summed E-state index contributed by atoms with van der Waals surface area (Å²) < 4.78 is 5.14. The summed E-state index contributed by atoms with van der Waals surface area (Å²) in [6.07, 6.45) is 0.766. The fourth-order valence-corrected chi connectivity index (χ4v) is 1.27. The lowest BCUT2D eigenvalue weighted by atomic mass is 10.3. The fraction of sp³-hybridized carbons (Fsp3) is 0.417. The quantitative estimate of drug-likeness (QED) is 0.524. The molecule has 2 amide bonds. The van der Waals surface area contributed by atoms with Crippen LogP contribution in [0.15, 0.2) is 24.3 Å². The molecular weight excluding hydrogens is 220 g/mol. The highest BCUT2D eigenvalue weighted by Crippen LogP contribution is 2.20. The molecule has 0 aromatic heterocycles. The maximum absolute atomic E-state index is 11.4. The number of urea groups is 1. The van der Waals surface area contributed by atoms with Crippen molar-refractivity contribution in [2.75, 3.05) is 25.1 Å². The highest BCUT2D eigenvalue weighted by atomic mass is 16.5. The third-order valence-electron chi connectivity index (χ3n) is 2.11. The molecule has 1 aromatic rings. The Hall–Kier alpha value is -1.75. The van der Waals surface area contributed by atoms with Crippen LogP contribution in [0.4, 0.5) is 10.5 Å². The highest BCUT2D eigenvalue weighted by Gasteiger charge is 2.03. The number of benzene rings is 1. The molecule has 0 radical (unpaired) electrons. The molecule has 1 rings (SSSR count). The first-order chi connectivity index (χ1) is 8.24. The highest BCUT2D eigenvalue weighted by molar-refractivity contribution is 5.90. The van der Waals surface area contributed by atoms with Crippen molar-refractivity contribution >= 4 is 11.7 Å². The first-order valence-electron chi connectivity index (χ1n) is 5.64. The predicted molar refractivity (Wildman–Crippen MR) is 66.2 cm³/mol. The van der Waals surface area contributed by atoms with Crippen molar-refractivity contribution in [3.63, 3.8) is 0 Å². The molecule has 1 aromatic carbocycles. The molecule has 5 heteroatoms. The van der Waals surface area contributed by atoms with Gasteiger partial charge < -0.3 is 20.5 Å². The van der Waals surface area contributed by atoms with Gasteiger partial charge in [-0.1, -0.05) is 12.1 Å². The van der Waals surface area contributed by atoms with E-state index in [0.29, 0.717) is 25.4 Å². The van der Waals surface area contributed by atoms with Crippen molar-refractivity contribution in [2.24, 2.45) is 0 Å². The van der Waals surface area contributed by atoms with E-state index in [2.05, 4.69) is 10.6 Å². The van der Waals surface area contributed by atoms with Gasteiger partial charge >= 0.3 is 6.03 Å². The Morgan fingerprint density at radius 2 is 2.18 bits per heavy atom. The van der Waals surface area contributed by atoms with Gasteiger partial charge in [0.05, 0.1) is 5.69 Å². The minimum Gasteiger partial charge on any atom is -0.506 e. The van der Waals surface area contributed by atoms with Crippen molar-refractivity contribution < 1.29 is 14.6 Å². The predicted octanol–water partition coefficient (Wildman–Crippen LogP) is 1.94. The first-order valence-corrected chi connectivity index (χ1v) is 5.64. The summed E-state index contributed by atoms with van der Waals surface area (Å²) in [7, 11) is 0. The summed E-state index contributed by atoms with van der Waals surface area (Å²) in [4.78, 5) is 11.4. The number of rotatable bonds is 6. The number of phenols is 1. The normalized spacial score (nSPS) is 9.94. The second kappa shape index (κ2) is 7.51. The van der Waals surface area contributed by atoms with Gasteiger partial charge in [-0.2, -0.15) is 0 Å². The van der Waals surface area contributed by atoms with E-state index >= 15 is 0 Å². The van der Waals surface area contributed by atoms with Gasteiger partial charge in [0.2, 0.25) is 0 Å². The van der Waals surface area contributed by atoms with Gasteiger partial charge in [-0.05, 0) is 25.5 Å². The molecule has 0 bridgehead atoms. The van der Waals surface area contributed by atoms with Crippen LogP contribution in [0.1, 0.15) is 13.3 Å². The average Bonchev–Trinajstić information content (AvgIpc) is 2.32. The van der Waals surface area contributed by atoms with Crippen LogP contribution in [-0.4, -0.2) is 30.9 Å². The topological polar surface area (TPSA) is 70.6 Å². The van der Waals surface area contributed by atoms with Crippen LogP contribution < -0.4 is 10.6 Å². The molecule has 5 nitrogen and oxygen atoms in total. The molecule has 0 saturated heterocycles. The van der Waals surface area contributed by atoms with Crippen LogP contribution in [0, 0.1) is 0 Å². The SMILES string of the molecule is CCOCCCNC(=O)Nc1ccccc1O. The zero-order valence-electron chi connectivity index (χ0n) is 9.90. The summed E-state index contributed by atoms with van der Waals surface area (Å²) in [5.74, 6) is 0.0527. The molecule has 3 N–H and O–H groups in total. The first kappa shape index (κ1) is 13.3. The Bertz CT molecular complexity index is 355. The van der Waals surface area contributed by atoms with Gasteiger partial charge in [-0.3, -0.25) is 0 Å². The van der Waals surface area contributed by atoms with E-state index in [9.17, 15) is 9.90 Å². The van der Waals surface area contributed by atoms with Gasteiger partial charge in [-0.15, -0.1) is 0 Å². The second-order valence-corrected chi connectivity index (χ2v) is 3.45. The number of anilines is 1. The Balaban J connectivity index is 2.23. The molecule has 0 unspecified atom stereocenters. The van der Waals surface area contributed by atoms with Crippen molar-refractivity contribution in [2.45, 2.75) is 13.3 Å². The lowest BCUT2D eigenvalue weighted by molar-refractivity contribution is 0.145. The number of para-hydroxylation sites is 2. The lowest BCUT2D eigenvalue weighted by Gasteiger charge is -2.08. The standard InChI is InChI=1S/C12H18N2O3/c1-2-17-9-5-8-13-12(16)14-10-6-3-4-7-11(10)15/h3-4,6-7,15H,2,5,8-9H2,1H3,(H2,13,14,16). The Labute approximate surface area is 101 Å². The Morgan fingerprint density at radius 3 is 2.88 bits per heavy atom. The molecule has 0 spiro atoms. The van der Waals surface area contributed by atoms with Crippen LogP contribution in [0.5, 0.6) is 5.75 Å². The number of phenolic OH excluding ortho intramolecular Hbond substituents is 1. The molecule has 17 heavy (non-hydrogen) atoms. The summed E-state index contributed by atoms with van der Waals surface area (Å²) in [6.45, 7) is 3.79. The summed E-state index contributed by atoms with van der Waals surface area (Å²) in [5, 5.41) is 14.7. The van der Waals surface area contributed by atoms with E-state index < -0.39 is 0 Å². The van der Waals surface area contributed by atoms with Crippen molar-refractivity contribution in [3.05, 3.63) is 24.3 Å². The number of carbonyl (C=O) groups excluding carboxylic acids is 1. The van der Waals surface area contributed by atoms with Crippen LogP contribution in [0.3, 0.4) is 0 Å². The average molecular weight is 238 g/mol. The van der Waals surface area contributed by atoms with Crippen molar-refractivity contribution in [1.82, 2.24) is 5.32 Å². The van der Waals surface area contributed by atoms with Crippen molar-refractivity contribution in [1.29, 1.82) is 0 Å². The summed E-state index contributed by atoms with van der Waals surface area (Å²) in [6, 6.07) is 6.26. The van der Waals surface area contributed by atoms with Gasteiger partial charge in [0.1, 0.15) is 5.75 Å². The molecular formula is C12H18N2O3.